The summed E-state index contributed by atoms with van der Waals surface area (Å²) in [6.45, 7) is 4.83. The van der Waals surface area contributed by atoms with Crippen LogP contribution in [0.25, 0.3) is 0 Å². The lowest BCUT2D eigenvalue weighted by atomic mass is 10.0. The lowest BCUT2D eigenvalue weighted by molar-refractivity contribution is -0.154. The van der Waals surface area contributed by atoms with Gasteiger partial charge in [-0.2, -0.15) is 0 Å². The second-order valence-corrected chi connectivity index (χ2v) is 13.9. The van der Waals surface area contributed by atoms with E-state index in [0.29, 0.717) is 13.0 Å². The Hall–Kier alpha value is -0.500. The highest BCUT2D eigenvalue weighted by atomic mass is 31.2. The van der Waals surface area contributed by atoms with Crippen LogP contribution in [0.15, 0.2) is 0 Å². The van der Waals surface area contributed by atoms with Gasteiger partial charge in [0.05, 0.1) is 19.8 Å². The van der Waals surface area contributed by atoms with E-state index in [2.05, 4.69) is 13.8 Å². The summed E-state index contributed by atoms with van der Waals surface area (Å²) >= 11 is 0. The van der Waals surface area contributed by atoms with Crippen LogP contribution in [0.3, 0.4) is 0 Å². The molecule has 2 atom stereocenters. The third-order valence-corrected chi connectivity index (χ3v) is 9.01. The number of unbranched alkanes of at least 4 members (excludes halogenated alkanes) is 23. The Morgan fingerprint density at radius 3 is 1.43 bits per heavy atom. The molecule has 3 N–H and O–H groups in total. The van der Waals surface area contributed by atoms with E-state index in [1.807, 2.05) is 0 Å². The van der Waals surface area contributed by atoms with Crippen molar-refractivity contribution >= 4 is 13.8 Å². The topological polar surface area (TPSA) is 117 Å². The van der Waals surface area contributed by atoms with Gasteiger partial charge in [0.1, 0.15) is 6.10 Å². The molecule has 0 spiro atoms. The third kappa shape index (κ3) is 32.9. The zero-order valence-electron chi connectivity index (χ0n) is 28.9. The van der Waals surface area contributed by atoms with E-state index in [1.54, 1.807) is 0 Å². The predicted molar refractivity (Wildman–Crippen MR) is 183 cm³/mol. The van der Waals surface area contributed by atoms with Crippen LogP contribution in [0.4, 0.5) is 0 Å². The highest BCUT2D eigenvalue weighted by molar-refractivity contribution is 7.47. The minimum absolute atomic E-state index is 0.0916. The fourth-order valence-electron chi connectivity index (χ4n) is 5.29. The van der Waals surface area contributed by atoms with Gasteiger partial charge in [-0.3, -0.25) is 13.8 Å². The number of nitrogens with two attached hydrogens (primary N) is 1. The molecule has 0 aliphatic heterocycles. The van der Waals surface area contributed by atoms with Crippen LogP contribution >= 0.6 is 7.82 Å². The smallest absolute Gasteiger partial charge is 0.457 e. The van der Waals surface area contributed by atoms with E-state index in [1.165, 1.54) is 122 Å². The van der Waals surface area contributed by atoms with E-state index in [0.717, 1.165) is 38.5 Å². The molecule has 0 aliphatic rings. The molecule has 0 bridgehead atoms. The van der Waals surface area contributed by atoms with Crippen molar-refractivity contribution in [2.24, 2.45) is 5.73 Å². The van der Waals surface area contributed by atoms with Gasteiger partial charge < -0.3 is 20.1 Å². The third-order valence-electron chi connectivity index (χ3n) is 8.02. The fourth-order valence-corrected chi connectivity index (χ4v) is 6.06. The second kappa shape index (κ2) is 33.9. The molecule has 264 valence electrons. The van der Waals surface area contributed by atoms with Gasteiger partial charge in [-0.1, -0.05) is 162 Å². The number of hydrogen-bond acceptors (Lipinski definition) is 7. The van der Waals surface area contributed by atoms with Gasteiger partial charge in [0.25, 0.3) is 0 Å². The SMILES string of the molecule is CCCCCCCCCCCCCCCCCCCCCCCOCC(COP(=O)(O)OCCN)OC(=O)CCCCCC. The molecule has 0 fully saturated rings. The predicted octanol–water partition coefficient (Wildman–Crippen LogP) is 10.2. The average molecular weight is 650 g/mol. The average Bonchev–Trinajstić information content (AvgIpc) is 3.01. The van der Waals surface area contributed by atoms with Gasteiger partial charge in [0, 0.05) is 19.6 Å². The van der Waals surface area contributed by atoms with Gasteiger partial charge >= 0.3 is 13.8 Å². The Morgan fingerprint density at radius 1 is 0.591 bits per heavy atom. The van der Waals surface area contributed by atoms with Crippen molar-refractivity contribution in [1.82, 2.24) is 0 Å². The molecule has 0 aromatic rings. The normalized spacial score (nSPS) is 13.6. The molecule has 0 aromatic carbocycles. The lowest BCUT2D eigenvalue weighted by Crippen LogP contribution is -2.28. The molecule has 0 heterocycles. The Balaban J connectivity index is 3.74. The van der Waals surface area contributed by atoms with Crippen LogP contribution in [0.5, 0.6) is 0 Å². The number of rotatable bonds is 36. The first-order valence-electron chi connectivity index (χ1n) is 18.5. The quantitative estimate of drug-likeness (QED) is 0.0391. The van der Waals surface area contributed by atoms with E-state index >= 15 is 0 Å². The summed E-state index contributed by atoms with van der Waals surface area (Å²) in [6.07, 6.45) is 31.8. The first-order valence-corrected chi connectivity index (χ1v) is 20.0. The summed E-state index contributed by atoms with van der Waals surface area (Å²) in [7, 11) is -4.25. The van der Waals surface area contributed by atoms with Crippen molar-refractivity contribution < 1.29 is 32.8 Å². The molecule has 0 amide bonds. The minimum Gasteiger partial charge on any atom is -0.457 e. The maximum atomic E-state index is 12.2. The number of carbonyl (C=O) groups is 1. The van der Waals surface area contributed by atoms with Crippen LogP contribution < -0.4 is 5.73 Å². The van der Waals surface area contributed by atoms with E-state index in [9.17, 15) is 14.3 Å². The molecular formula is C35H72NO7P. The molecule has 9 heteroatoms. The highest BCUT2D eigenvalue weighted by Crippen LogP contribution is 2.43. The zero-order chi connectivity index (χ0) is 32.4. The first-order chi connectivity index (χ1) is 21.4. The molecule has 2 unspecified atom stereocenters. The molecule has 0 aromatic heterocycles. The van der Waals surface area contributed by atoms with E-state index in [4.69, 9.17) is 24.3 Å². The number of esters is 1. The van der Waals surface area contributed by atoms with Gasteiger partial charge in [-0.25, -0.2) is 4.57 Å². The first kappa shape index (κ1) is 43.5. The molecular weight excluding hydrogens is 577 g/mol. The summed E-state index contributed by atoms with van der Waals surface area (Å²) in [5, 5.41) is 0. The summed E-state index contributed by atoms with van der Waals surface area (Å²) in [5.41, 5.74) is 5.32. The second-order valence-electron chi connectivity index (χ2n) is 12.5. The van der Waals surface area contributed by atoms with Gasteiger partial charge in [-0.15, -0.1) is 0 Å². The molecule has 44 heavy (non-hydrogen) atoms. The van der Waals surface area contributed by atoms with Crippen molar-refractivity contribution in [3.8, 4) is 0 Å². The molecule has 0 saturated heterocycles. The largest absolute Gasteiger partial charge is 0.472 e. The molecule has 0 rings (SSSR count). The van der Waals surface area contributed by atoms with Crippen molar-refractivity contribution in [2.75, 3.05) is 33.0 Å². The summed E-state index contributed by atoms with van der Waals surface area (Å²) in [4.78, 5) is 22.0. The number of carbonyl (C=O) groups excluding carboxylic acids is 1. The number of ether oxygens (including phenoxy) is 2. The molecule has 0 radical (unpaired) electrons. The fraction of sp³-hybridized carbons (Fsp3) is 0.971. The Bertz CT molecular complexity index is 653. The van der Waals surface area contributed by atoms with Crippen molar-refractivity contribution in [3.05, 3.63) is 0 Å². The standard InChI is InChI=1S/C35H72NO7P/c1-3-5-7-9-10-11-12-13-14-15-16-17-18-19-20-21-22-23-24-25-27-30-40-32-34(33-42-44(38,39)41-31-29-36)43-35(37)28-26-8-6-4-2/h34H,3-33,36H2,1-2H3,(H,38,39). The Kier molecular flexibility index (Phi) is 33.5. The maximum absolute atomic E-state index is 12.2. The van der Waals surface area contributed by atoms with Crippen molar-refractivity contribution in [2.45, 2.75) is 187 Å². The number of phosphoric ester groups is 1. The van der Waals surface area contributed by atoms with Crippen molar-refractivity contribution in [3.63, 3.8) is 0 Å². The van der Waals surface area contributed by atoms with Crippen LogP contribution in [0.1, 0.15) is 181 Å². The van der Waals surface area contributed by atoms with Gasteiger partial charge in [-0.05, 0) is 12.8 Å². The monoisotopic (exact) mass is 650 g/mol. The molecule has 8 nitrogen and oxygen atoms in total. The van der Waals surface area contributed by atoms with Crippen LogP contribution in [-0.2, 0) is 27.9 Å². The Morgan fingerprint density at radius 2 is 1.00 bits per heavy atom. The van der Waals surface area contributed by atoms with E-state index in [-0.39, 0.29) is 32.3 Å². The van der Waals surface area contributed by atoms with Gasteiger partial charge in [0.2, 0.25) is 0 Å². The summed E-state index contributed by atoms with van der Waals surface area (Å²) < 4.78 is 33.0. The van der Waals surface area contributed by atoms with Crippen LogP contribution in [0.2, 0.25) is 0 Å². The highest BCUT2D eigenvalue weighted by Gasteiger charge is 2.25. The summed E-state index contributed by atoms with van der Waals surface area (Å²) in [5.74, 6) is -0.344. The van der Waals surface area contributed by atoms with E-state index < -0.39 is 13.9 Å². The van der Waals surface area contributed by atoms with Crippen LogP contribution in [0, 0.1) is 0 Å². The molecule has 0 aliphatic carbocycles. The van der Waals surface area contributed by atoms with Crippen LogP contribution in [-0.4, -0.2) is 49.9 Å². The van der Waals surface area contributed by atoms with Crippen molar-refractivity contribution in [1.29, 1.82) is 0 Å². The maximum Gasteiger partial charge on any atom is 0.472 e. The molecule has 0 saturated carbocycles. The minimum atomic E-state index is -4.25. The van der Waals surface area contributed by atoms with Gasteiger partial charge in [0.15, 0.2) is 0 Å². The Labute approximate surface area is 271 Å². The lowest BCUT2D eigenvalue weighted by Gasteiger charge is -2.20. The number of phosphoric acid groups is 1. The number of hydrogen-bond donors (Lipinski definition) is 2. The zero-order valence-corrected chi connectivity index (χ0v) is 29.8. The summed E-state index contributed by atoms with van der Waals surface area (Å²) in [6, 6.07) is 0.